The smallest absolute Gasteiger partial charge is 0.00475 e. The molecule has 0 radical (unpaired) electrons. The molecule has 9 unspecified atom stereocenters. The molecule has 2 aromatic carbocycles. The summed E-state index contributed by atoms with van der Waals surface area (Å²) >= 11 is 0. The molecule has 0 aromatic heterocycles. The van der Waals surface area contributed by atoms with Crippen molar-refractivity contribution < 1.29 is 0 Å². The number of rotatable bonds is 6. The van der Waals surface area contributed by atoms with Gasteiger partial charge in [0.15, 0.2) is 0 Å². The molecule has 6 aliphatic rings. The highest BCUT2D eigenvalue weighted by Gasteiger charge is 2.86. The Morgan fingerprint density at radius 1 is 0.580 bits per heavy atom. The van der Waals surface area contributed by atoms with Crippen LogP contribution in [0.3, 0.4) is 0 Å². The van der Waals surface area contributed by atoms with Crippen molar-refractivity contribution in [2.75, 3.05) is 0 Å². The average Bonchev–Trinajstić information content (AvgIpc) is 3.64. The highest BCUT2D eigenvalue weighted by Crippen LogP contribution is 2.91. The van der Waals surface area contributed by atoms with Crippen LogP contribution in [-0.4, -0.2) is 0 Å². The summed E-state index contributed by atoms with van der Waals surface area (Å²) in [6.45, 7) is 21.0. The average molecular weight is 657 g/mol. The predicted octanol–water partition coefficient (Wildman–Crippen LogP) is 12.7. The van der Waals surface area contributed by atoms with Gasteiger partial charge in [0.25, 0.3) is 0 Å². The molecule has 0 N–H and O–H groups in total. The molecule has 6 aliphatic carbocycles. The van der Waals surface area contributed by atoms with Crippen molar-refractivity contribution in [2.45, 2.75) is 74.7 Å². The number of allylic oxidation sites excluding steroid dienone is 18. The Labute approximate surface area is 302 Å². The minimum atomic E-state index is -0.0974. The largest absolute Gasteiger partial charge is 0.0802 e. The van der Waals surface area contributed by atoms with Crippen molar-refractivity contribution in [3.05, 3.63) is 179 Å². The maximum absolute atomic E-state index is 2.74. The zero-order chi connectivity index (χ0) is 35.2. The summed E-state index contributed by atoms with van der Waals surface area (Å²) in [6.07, 6.45) is 37.6. The van der Waals surface area contributed by atoms with E-state index in [9.17, 15) is 0 Å². The summed E-state index contributed by atoms with van der Waals surface area (Å²) in [6, 6.07) is 22.2. The van der Waals surface area contributed by atoms with Crippen LogP contribution in [0.25, 0.3) is 0 Å². The third-order valence-electron chi connectivity index (χ3n) is 16.9. The van der Waals surface area contributed by atoms with Crippen LogP contribution in [-0.2, 0) is 12.8 Å². The molecule has 0 bridgehead atoms. The SMILES string of the molecule is CC1=CC=CC2C(CC3=CC=CC3=C(Cc3ccccc3)Cc3ccccc3)C3(C)C4(C)C=CC=CC4(C)C4(C)C=CC=CC4(C)C3(C)C12C. The van der Waals surface area contributed by atoms with E-state index in [1.54, 1.807) is 5.57 Å². The second-order valence-corrected chi connectivity index (χ2v) is 17.7. The van der Waals surface area contributed by atoms with Crippen molar-refractivity contribution in [3.63, 3.8) is 0 Å². The fraction of sp³-hybridized carbons (Fsp3) is 0.400. The molecule has 2 fully saturated rings. The van der Waals surface area contributed by atoms with Gasteiger partial charge in [-0.3, -0.25) is 0 Å². The first-order chi connectivity index (χ1) is 23.8. The number of hydrogen-bond acceptors (Lipinski definition) is 0. The molecule has 50 heavy (non-hydrogen) atoms. The fourth-order valence-electron chi connectivity index (χ4n) is 13.5. The Balaban J connectivity index is 1.33. The topological polar surface area (TPSA) is 0 Å². The first-order valence-corrected chi connectivity index (χ1v) is 19.1. The molecular formula is C50H56. The van der Waals surface area contributed by atoms with E-state index in [0.29, 0.717) is 11.8 Å². The molecule has 0 heterocycles. The molecule has 256 valence electrons. The van der Waals surface area contributed by atoms with Gasteiger partial charge in [-0.1, -0.05) is 205 Å². The van der Waals surface area contributed by atoms with E-state index in [2.05, 4.69) is 201 Å². The van der Waals surface area contributed by atoms with E-state index in [0.717, 1.165) is 19.3 Å². The van der Waals surface area contributed by atoms with Crippen molar-refractivity contribution in [1.29, 1.82) is 0 Å². The summed E-state index contributed by atoms with van der Waals surface area (Å²) in [4.78, 5) is 0. The van der Waals surface area contributed by atoms with Crippen LogP contribution in [0.2, 0.25) is 0 Å². The van der Waals surface area contributed by atoms with Gasteiger partial charge in [-0.2, -0.15) is 0 Å². The van der Waals surface area contributed by atoms with E-state index in [4.69, 9.17) is 0 Å². The monoisotopic (exact) mass is 656 g/mol. The second kappa shape index (κ2) is 11.0. The lowest BCUT2D eigenvalue weighted by Crippen LogP contribution is -2.75. The molecule has 9 atom stereocenters. The van der Waals surface area contributed by atoms with Crippen molar-refractivity contribution in [3.8, 4) is 0 Å². The van der Waals surface area contributed by atoms with Crippen LogP contribution in [0.15, 0.2) is 168 Å². The molecule has 0 saturated heterocycles. The van der Waals surface area contributed by atoms with Crippen LogP contribution in [0.1, 0.15) is 72.9 Å². The Hall–Kier alpha value is -3.90. The Morgan fingerprint density at radius 3 is 1.68 bits per heavy atom. The Kier molecular flexibility index (Phi) is 7.35. The maximum Gasteiger partial charge on any atom is 0.00475 e. The predicted molar refractivity (Wildman–Crippen MR) is 212 cm³/mol. The van der Waals surface area contributed by atoms with Gasteiger partial charge in [0.1, 0.15) is 0 Å². The summed E-state index contributed by atoms with van der Waals surface area (Å²) in [5, 5.41) is 0. The van der Waals surface area contributed by atoms with Crippen LogP contribution in [0.4, 0.5) is 0 Å². The summed E-state index contributed by atoms with van der Waals surface area (Å²) < 4.78 is 0. The zero-order valence-corrected chi connectivity index (χ0v) is 31.6. The molecule has 0 nitrogen and oxygen atoms in total. The van der Waals surface area contributed by atoms with Gasteiger partial charge in [0.05, 0.1) is 0 Å². The van der Waals surface area contributed by atoms with E-state index in [1.807, 2.05) is 0 Å². The van der Waals surface area contributed by atoms with Crippen molar-refractivity contribution >= 4 is 0 Å². The molecular weight excluding hydrogens is 601 g/mol. The number of fused-ring (bicyclic) bond motifs is 8. The standard InChI is InChI=1S/C50H56/c1-36-21-19-28-42-43(35-39-26-20-27-41(39)40(33-37-22-11-9-12-23-37)34-38-24-13-10-14-25-38)49(7)46(4)31-17-15-29-44(46,2)45(3)30-16-18-32-47(45,5)50(49,8)48(36,42)6/h9-32,42-43H,33-35H2,1-8H3. The minimum Gasteiger partial charge on any atom is -0.0802 e. The van der Waals surface area contributed by atoms with Gasteiger partial charge in [0, 0.05) is 27.1 Å². The first kappa shape index (κ1) is 33.3. The van der Waals surface area contributed by atoms with E-state index < -0.39 is 0 Å². The van der Waals surface area contributed by atoms with E-state index in [1.165, 1.54) is 27.8 Å². The lowest BCUT2D eigenvalue weighted by atomic mass is 9.23. The normalized spacial score (nSPS) is 41.7. The highest BCUT2D eigenvalue weighted by molar-refractivity contribution is 5.56. The third-order valence-corrected chi connectivity index (χ3v) is 16.9. The van der Waals surface area contributed by atoms with Gasteiger partial charge in [-0.25, -0.2) is 0 Å². The van der Waals surface area contributed by atoms with Gasteiger partial charge in [0.2, 0.25) is 0 Å². The van der Waals surface area contributed by atoms with Crippen LogP contribution < -0.4 is 0 Å². The van der Waals surface area contributed by atoms with Crippen LogP contribution in [0, 0.1) is 49.7 Å². The first-order valence-electron chi connectivity index (χ1n) is 19.1. The van der Waals surface area contributed by atoms with Gasteiger partial charge < -0.3 is 0 Å². The van der Waals surface area contributed by atoms with Crippen LogP contribution in [0.5, 0.6) is 0 Å². The molecule has 2 aromatic rings. The molecule has 0 heteroatoms. The second-order valence-electron chi connectivity index (χ2n) is 17.7. The Bertz CT molecular complexity index is 1950. The summed E-state index contributed by atoms with van der Waals surface area (Å²) in [5.74, 6) is 0.838. The third kappa shape index (κ3) is 3.79. The lowest BCUT2D eigenvalue weighted by Gasteiger charge is -2.80. The van der Waals surface area contributed by atoms with E-state index >= 15 is 0 Å². The maximum atomic E-state index is 2.74. The molecule has 0 amide bonds. The summed E-state index contributed by atoms with van der Waals surface area (Å²) in [7, 11) is 0. The lowest BCUT2D eigenvalue weighted by molar-refractivity contribution is -0.272. The molecule has 0 aliphatic heterocycles. The summed E-state index contributed by atoms with van der Waals surface area (Å²) in [5.41, 5.74) is 8.28. The van der Waals surface area contributed by atoms with Gasteiger partial charge in [-0.15, -0.1) is 0 Å². The van der Waals surface area contributed by atoms with Crippen LogP contribution >= 0.6 is 0 Å². The molecule has 0 spiro atoms. The van der Waals surface area contributed by atoms with E-state index in [-0.39, 0.29) is 37.9 Å². The minimum absolute atomic E-state index is 0.0284. The van der Waals surface area contributed by atoms with Gasteiger partial charge in [-0.05, 0) is 71.1 Å². The number of hydrogen-bond donors (Lipinski definition) is 0. The quantitative estimate of drug-likeness (QED) is 0.290. The zero-order valence-electron chi connectivity index (χ0n) is 31.6. The van der Waals surface area contributed by atoms with Gasteiger partial charge >= 0.3 is 0 Å². The Morgan fingerprint density at radius 2 is 1.10 bits per heavy atom. The van der Waals surface area contributed by atoms with Crippen molar-refractivity contribution in [1.82, 2.24) is 0 Å². The molecule has 2 saturated carbocycles. The van der Waals surface area contributed by atoms with Crippen molar-refractivity contribution in [2.24, 2.45) is 49.7 Å². The fourth-order valence-corrected chi connectivity index (χ4v) is 13.5. The molecule has 8 rings (SSSR count). The highest BCUT2D eigenvalue weighted by atomic mass is 14.9. The number of benzene rings is 2.